The molecule has 1 aliphatic heterocycles. The van der Waals surface area contributed by atoms with Crippen LogP contribution in [0.3, 0.4) is 0 Å². The highest BCUT2D eigenvalue weighted by Gasteiger charge is 2.48. The molecule has 1 saturated carbocycles. The van der Waals surface area contributed by atoms with E-state index in [2.05, 4.69) is 33.9 Å². The molecular weight excluding hydrogens is 434 g/mol. The molecule has 2 aliphatic rings. The van der Waals surface area contributed by atoms with Crippen LogP contribution in [0, 0.1) is 17.6 Å². The molecule has 8 heteroatoms. The number of ether oxygens (including phenoxy) is 3. The molecule has 5 nitrogen and oxygen atoms in total. The zero-order valence-electron chi connectivity index (χ0n) is 20.3. The van der Waals surface area contributed by atoms with Gasteiger partial charge in [0, 0.05) is 24.3 Å². The third-order valence-electron chi connectivity index (χ3n) is 7.47. The van der Waals surface area contributed by atoms with Crippen molar-refractivity contribution in [3.8, 4) is 5.75 Å². The van der Waals surface area contributed by atoms with Gasteiger partial charge in [-0.3, -0.25) is 0 Å². The Morgan fingerprint density at radius 1 is 1.12 bits per heavy atom. The summed E-state index contributed by atoms with van der Waals surface area (Å²) in [5, 5.41) is 0.0962. The van der Waals surface area contributed by atoms with E-state index in [1.165, 1.54) is 13.2 Å². The van der Waals surface area contributed by atoms with Crippen LogP contribution in [-0.4, -0.2) is 45.8 Å². The minimum atomic E-state index is -1.91. The molecule has 0 bridgehead atoms. The van der Waals surface area contributed by atoms with Crippen molar-refractivity contribution in [3.63, 3.8) is 0 Å². The van der Waals surface area contributed by atoms with Crippen LogP contribution in [0.2, 0.25) is 18.1 Å². The molecule has 1 heterocycles. The van der Waals surface area contributed by atoms with Crippen molar-refractivity contribution in [2.45, 2.75) is 95.9 Å². The number of hydrogen-bond acceptors (Lipinski definition) is 5. The van der Waals surface area contributed by atoms with Crippen molar-refractivity contribution < 1.29 is 32.2 Å². The Kier molecular flexibility index (Phi) is 7.08. The lowest BCUT2D eigenvalue weighted by atomic mass is 9.82. The van der Waals surface area contributed by atoms with Gasteiger partial charge in [-0.1, -0.05) is 33.8 Å². The number of esters is 1. The molecule has 0 spiro atoms. The minimum absolute atomic E-state index is 0.0533. The average Bonchev–Trinajstić information content (AvgIpc) is 2.96. The molecule has 32 heavy (non-hydrogen) atoms. The molecule has 0 N–H and O–H groups in total. The van der Waals surface area contributed by atoms with Gasteiger partial charge in [0.1, 0.15) is 6.10 Å². The average molecular weight is 471 g/mol. The number of halogens is 2. The maximum atomic E-state index is 14.9. The molecule has 0 radical (unpaired) electrons. The summed E-state index contributed by atoms with van der Waals surface area (Å²) in [4.78, 5) is 12.3. The fraction of sp³-hybridized carbons (Fsp3) is 0.708. The van der Waals surface area contributed by atoms with Crippen molar-refractivity contribution in [2.75, 3.05) is 7.11 Å². The third-order valence-corrected chi connectivity index (χ3v) is 12.0. The van der Waals surface area contributed by atoms with E-state index in [0.717, 1.165) is 6.07 Å². The summed E-state index contributed by atoms with van der Waals surface area (Å²) in [7, 11) is -0.624. The molecule has 1 saturated heterocycles. The Hall–Kier alpha value is -1.51. The van der Waals surface area contributed by atoms with Gasteiger partial charge in [0.2, 0.25) is 5.82 Å². The fourth-order valence-corrected chi connectivity index (χ4v) is 5.55. The number of rotatable bonds is 6. The second-order valence-corrected chi connectivity index (χ2v) is 15.4. The van der Waals surface area contributed by atoms with Crippen LogP contribution >= 0.6 is 0 Å². The normalized spacial score (nSPS) is 30.7. The Morgan fingerprint density at radius 2 is 1.75 bits per heavy atom. The maximum Gasteiger partial charge on any atom is 0.335 e. The lowest BCUT2D eigenvalue weighted by Gasteiger charge is -2.44. The first-order chi connectivity index (χ1) is 14.8. The van der Waals surface area contributed by atoms with E-state index in [4.69, 9.17) is 18.6 Å². The van der Waals surface area contributed by atoms with E-state index in [0.29, 0.717) is 18.4 Å². The molecule has 3 rings (SSSR count). The topological polar surface area (TPSA) is 54.0 Å². The van der Waals surface area contributed by atoms with Crippen molar-refractivity contribution in [1.82, 2.24) is 0 Å². The summed E-state index contributed by atoms with van der Waals surface area (Å²) in [6.45, 7) is 14.7. The zero-order valence-corrected chi connectivity index (χ0v) is 21.3. The van der Waals surface area contributed by atoms with E-state index in [1.54, 1.807) is 0 Å². The molecule has 1 aliphatic carbocycles. The molecule has 1 aromatic rings. The van der Waals surface area contributed by atoms with E-state index in [-0.39, 0.29) is 35.0 Å². The Balaban J connectivity index is 1.80. The van der Waals surface area contributed by atoms with Crippen LogP contribution in [0.25, 0.3) is 0 Å². The van der Waals surface area contributed by atoms with Crippen LogP contribution in [0.15, 0.2) is 12.1 Å². The van der Waals surface area contributed by atoms with Crippen molar-refractivity contribution >= 4 is 14.3 Å². The molecule has 1 aromatic carbocycles. The molecule has 0 unspecified atom stereocenters. The van der Waals surface area contributed by atoms with Gasteiger partial charge in [-0.2, -0.15) is 4.39 Å². The number of carbonyl (C=O) groups is 1. The summed E-state index contributed by atoms with van der Waals surface area (Å²) in [5.41, 5.74) is 0.435. The summed E-state index contributed by atoms with van der Waals surface area (Å²) in [5.74, 6) is -3.29. The smallest absolute Gasteiger partial charge is 0.335 e. The highest BCUT2D eigenvalue weighted by Crippen LogP contribution is 2.46. The zero-order chi connectivity index (χ0) is 24.0. The highest BCUT2D eigenvalue weighted by atomic mass is 28.4. The maximum absolute atomic E-state index is 14.9. The molecule has 2 fully saturated rings. The number of hydrogen-bond donors (Lipinski definition) is 0. The van der Waals surface area contributed by atoms with Gasteiger partial charge in [0.05, 0.1) is 19.3 Å². The number of carbonyl (C=O) groups excluding carboxylic acids is 1. The van der Waals surface area contributed by atoms with Crippen LogP contribution in [0.1, 0.15) is 58.9 Å². The minimum Gasteiger partial charge on any atom is -0.487 e. The molecular formula is C24H36F2O5Si. The van der Waals surface area contributed by atoms with Crippen molar-refractivity contribution in [3.05, 3.63) is 29.3 Å². The second kappa shape index (κ2) is 9.03. The van der Waals surface area contributed by atoms with Crippen LogP contribution in [0.5, 0.6) is 5.75 Å². The van der Waals surface area contributed by atoms with Gasteiger partial charge >= 0.3 is 5.97 Å². The van der Waals surface area contributed by atoms with Gasteiger partial charge in [0.25, 0.3) is 0 Å². The first-order valence-corrected chi connectivity index (χ1v) is 14.2. The summed E-state index contributed by atoms with van der Waals surface area (Å²) >= 11 is 0. The van der Waals surface area contributed by atoms with E-state index in [1.807, 2.05) is 13.8 Å². The first kappa shape index (κ1) is 25.1. The first-order valence-electron chi connectivity index (χ1n) is 11.3. The summed E-state index contributed by atoms with van der Waals surface area (Å²) < 4.78 is 52.1. The van der Waals surface area contributed by atoms with Gasteiger partial charge in [-0.25, -0.2) is 9.18 Å². The number of methoxy groups -OCH3 is 1. The van der Waals surface area contributed by atoms with Crippen molar-refractivity contribution in [2.24, 2.45) is 5.92 Å². The third kappa shape index (κ3) is 4.73. The Morgan fingerprint density at radius 3 is 2.31 bits per heavy atom. The van der Waals surface area contributed by atoms with Gasteiger partial charge < -0.3 is 18.6 Å². The predicted octanol–water partition coefficient (Wildman–Crippen LogP) is 5.58. The molecule has 0 aromatic heterocycles. The highest BCUT2D eigenvalue weighted by molar-refractivity contribution is 6.74. The standard InChI is InChI=1S/C24H36F2O5Si/c1-13-14(2)29-22(23(27)28-6)19(13)17-9-10-18(25)20(26)21(17)30-15-11-16(12-15)31-32(7,8)24(3,4)5/h9-10,13-16,19,22H,11-12H2,1-8H3/t13-,14-,15?,16?,19+,22-/m1/s1. The Labute approximate surface area is 190 Å². The van der Waals surface area contributed by atoms with Crippen molar-refractivity contribution in [1.29, 1.82) is 0 Å². The summed E-state index contributed by atoms with van der Waals surface area (Å²) in [6.07, 6.45) is -0.112. The lowest BCUT2D eigenvalue weighted by molar-refractivity contribution is -0.153. The Bertz CT molecular complexity index is 848. The van der Waals surface area contributed by atoms with E-state index >= 15 is 0 Å². The van der Waals surface area contributed by atoms with Gasteiger partial charge in [-0.05, 0) is 37.0 Å². The fourth-order valence-electron chi connectivity index (χ4n) is 4.17. The van der Waals surface area contributed by atoms with Crippen LogP contribution in [0.4, 0.5) is 8.78 Å². The summed E-state index contributed by atoms with van der Waals surface area (Å²) in [6, 6.07) is 2.57. The predicted molar refractivity (Wildman–Crippen MR) is 120 cm³/mol. The van der Waals surface area contributed by atoms with Gasteiger partial charge in [-0.15, -0.1) is 0 Å². The molecule has 0 amide bonds. The van der Waals surface area contributed by atoms with E-state index < -0.39 is 37.9 Å². The quantitative estimate of drug-likeness (QED) is 0.401. The molecule has 180 valence electrons. The second-order valence-electron chi connectivity index (χ2n) is 10.7. The lowest BCUT2D eigenvalue weighted by Crippen LogP contribution is -2.50. The van der Waals surface area contributed by atoms with Gasteiger partial charge in [0.15, 0.2) is 26.0 Å². The monoisotopic (exact) mass is 470 g/mol. The number of benzene rings is 1. The molecule has 4 atom stereocenters. The van der Waals surface area contributed by atoms with Crippen LogP contribution < -0.4 is 4.74 Å². The largest absolute Gasteiger partial charge is 0.487 e. The SMILES string of the molecule is COC(=O)[C@@H]1O[C@H](C)[C@@H](C)[C@H]1c1ccc(F)c(F)c1OC1CC(O[Si](C)(C)C(C)(C)C)C1. The van der Waals surface area contributed by atoms with Crippen LogP contribution in [-0.2, 0) is 18.7 Å². The van der Waals surface area contributed by atoms with E-state index in [9.17, 15) is 13.6 Å².